The largest absolute Gasteiger partial charge is 0.477 e. The number of aromatic carboxylic acids is 1. The fraction of sp³-hybridized carbons (Fsp3) is 0.238. The molecule has 1 fully saturated rings. The Morgan fingerprint density at radius 3 is 2.56 bits per heavy atom. The molecule has 0 unspecified atom stereocenters. The van der Waals surface area contributed by atoms with E-state index < -0.39 is 17.3 Å². The molecule has 0 bridgehead atoms. The molecule has 0 spiro atoms. The van der Waals surface area contributed by atoms with E-state index in [1.54, 1.807) is 25.1 Å². The first kappa shape index (κ1) is 17.3. The highest BCUT2D eigenvalue weighted by molar-refractivity contribution is 5.89. The fourth-order valence-electron chi connectivity index (χ4n) is 3.81. The number of aryl methyl sites for hydroxylation is 2. The van der Waals surface area contributed by atoms with E-state index >= 15 is 4.39 Å². The first-order valence-corrected chi connectivity index (χ1v) is 8.77. The van der Waals surface area contributed by atoms with Crippen molar-refractivity contribution < 1.29 is 14.3 Å². The normalized spacial score (nSPS) is 13.9. The monoisotopic (exact) mass is 366 g/mol. The van der Waals surface area contributed by atoms with Crippen molar-refractivity contribution in [2.24, 2.45) is 0 Å². The molecule has 0 amide bonds. The molecule has 27 heavy (non-hydrogen) atoms. The summed E-state index contributed by atoms with van der Waals surface area (Å²) in [5, 5.41) is 9.37. The topological polar surface area (TPSA) is 84.8 Å². The number of pyridine rings is 2. The third kappa shape index (κ3) is 2.68. The Morgan fingerprint density at radius 2 is 1.96 bits per heavy atom. The number of carboxylic acid groups (broad SMARTS) is 1. The lowest BCUT2D eigenvalue weighted by Crippen LogP contribution is -2.24. The van der Waals surface area contributed by atoms with E-state index in [2.05, 4.69) is 0 Å². The molecule has 138 valence electrons. The second kappa shape index (κ2) is 5.94. The Balaban J connectivity index is 2.13. The third-order valence-electron chi connectivity index (χ3n) is 5.24. The van der Waals surface area contributed by atoms with Crippen molar-refractivity contribution in [2.75, 3.05) is 5.73 Å². The zero-order chi connectivity index (χ0) is 19.5. The summed E-state index contributed by atoms with van der Waals surface area (Å²) in [7, 11) is 0. The summed E-state index contributed by atoms with van der Waals surface area (Å²) in [5.41, 5.74) is 9.33. The lowest BCUT2D eigenvalue weighted by Gasteiger charge is -2.17. The number of fused-ring (bicyclic) bond motifs is 1. The number of hydrogen-bond donors (Lipinski definition) is 2. The minimum atomic E-state index is -1.30. The average Bonchev–Trinajstić information content (AvgIpc) is 3.42. The maximum Gasteiger partial charge on any atom is 0.341 e. The van der Waals surface area contributed by atoms with E-state index in [1.165, 1.54) is 6.07 Å². The van der Waals surface area contributed by atoms with E-state index in [9.17, 15) is 14.7 Å². The number of carbonyl (C=O) groups is 1. The molecule has 4 rings (SSSR count). The van der Waals surface area contributed by atoms with Gasteiger partial charge in [-0.15, -0.1) is 0 Å². The molecule has 1 aromatic carbocycles. The number of nitrogens with two attached hydrogens (primary N) is 1. The van der Waals surface area contributed by atoms with Crippen LogP contribution in [0.3, 0.4) is 0 Å². The van der Waals surface area contributed by atoms with Crippen LogP contribution in [0, 0.1) is 19.7 Å². The number of rotatable bonds is 3. The number of nitrogens with zero attached hydrogens (tertiary/aromatic N) is 1. The van der Waals surface area contributed by atoms with Gasteiger partial charge in [0.15, 0.2) is 0 Å². The van der Waals surface area contributed by atoms with Crippen LogP contribution in [0.5, 0.6) is 0 Å². The highest BCUT2D eigenvalue weighted by Crippen LogP contribution is 2.44. The summed E-state index contributed by atoms with van der Waals surface area (Å²) in [6, 6.07) is 6.72. The molecule has 3 aromatic rings. The maximum atomic E-state index is 15.1. The number of nitrogen functional groups attached to an aromatic ring is 1. The second-order valence-electron chi connectivity index (χ2n) is 7.17. The van der Waals surface area contributed by atoms with E-state index in [4.69, 9.17) is 5.73 Å². The Labute approximate surface area is 154 Å². The molecule has 5 nitrogen and oxygen atoms in total. The first-order valence-electron chi connectivity index (χ1n) is 8.77. The van der Waals surface area contributed by atoms with Gasteiger partial charge in [0, 0.05) is 17.4 Å². The van der Waals surface area contributed by atoms with Gasteiger partial charge < -0.3 is 10.8 Å². The average molecular weight is 366 g/mol. The number of anilines is 1. The lowest BCUT2D eigenvalue weighted by molar-refractivity contribution is 0.0694. The highest BCUT2D eigenvalue weighted by atomic mass is 19.1. The molecular weight excluding hydrogens is 347 g/mol. The van der Waals surface area contributed by atoms with Crippen molar-refractivity contribution in [3.63, 3.8) is 0 Å². The van der Waals surface area contributed by atoms with Gasteiger partial charge in [0.2, 0.25) is 0 Å². The summed E-state index contributed by atoms with van der Waals surface area (Å²) in [4.78, 5) is 24.1. The van der Waals surface area contributed by atoms with Crippen LogP contribution in [0.25, 0.3) is 16.6 Å². The molecular formula is C21H19FN2O3. The van der Waals surface area contributed by atoms with Crippen LogP contribution in [0.2, 0.25) is 0 Å². The van der Waals surface area contributed by atoms with Crippen molar-refractivity contribution in [3.8, 4) is 11.1 Å². The van der Waals surface area contributed by atoms with Crippen LogP contribution in [0.4, 0.5) is 10.1 Å². The van der Waals surface area contributed by atoms with E-state index in [1.807, 2.05) is 6.92 Å². The van der Waals surface area contributed by atoms with Gasteiger partial charge in [0.05, 0.1) is 5.52 Å². The molecule has 3 N–H and O–H groups in total. The van der Waals surface area contributed by atoms with Gasteiger partial charge in [-0.2, -0.15) is 0 Å². The van der Waals surface area contributed by atoms with Crippen LogP contribution in [0.1, 0.15) is 45.8 Å². The predicted molar refractivity (Wildman–Crippen MR) is 102 cm³/mol. The van der Waals surface area contributed by atoms with Crippen molar-refractivity contribution in [2.45, 2.75) is 32.6 Å². The summed E-state index contributed by atoms with van der Waals surface area (Å²) < 4.78 is 16.2. The third-order valence-corrected chi connectivity index (χ3v) is 5.24. The molecule has 0 atom stereocenters. The molecule has 2 heterocycles. The molecule has 0 aliphatic heterocycles. The van der Waals surface area contributed by atoms with Crippen LogP contribution in [-0.4, -0.2) is 15.5 Å². The predicted octanol–water partition coefficient (Wildman–Crippen LogP) is 3.88. The minimum Gasteiger partial charge on any atom is -0.477 e. The molecule has 0 radical (unpaired) electrons. The summed E-state index contributed by atoms with van der Waals surface area (Å²) in [6.07, 6.45) is 2.97. The van der Waals surface area contributed by atoms with Crippen molar-refractivity contribution in [1.82, 2.24) is 4.40 Å². The van der Waals surface area contributed by atoms with Gasteiger partial charge in [-0.3, -0.25) is 9.20 Å². The van der Waals surface area contributed by atoms with Crippen LogP contribution < -0.4 is 11.3 Å². The number of hydrogen-bond acceptors (Lipinski definition) is 3. The summed E-state index contributed by atoms with van der Waals surface area (Å²) in [6.45, 7) is 3.63. The summed E-state index contributed by atoms with van der Waals surface area (Å²) in [5.74, 6) is -1.67. The molecule has 6 heteroatoms. The van der Waals surface area contributed by atoms with Crippen LogP contribution in [0.15, 0.2) is 35.3 Å². The molecule has 0 saturated heterocycles. The van der Waals surface area contributed by atoms with Crippen molar-refractivity contribution in [3.05, 3.63) is 68.9 Å². The number of halogens is 1. The van der Waals surface area contributed by atoms with Gasteiger partial charge >= 0.3 is 5.97 Å². The highest BCUT2D eigenvalue weighted by Gasteiger charge is 2.30. The van der Waals surface area contributed by atoms with E-state index in [0.717, 1.165) is 34.6 Å². The Morgan fingerprint density at radius 1 is 1.26 bits per heavy atom. The Hall–Kier alpha value is -3.15. The van der Waals surface area contributed by atoms with Gasteiger partial charge in [-0.05, 0) is 73.1 Å². The summed E-state index contributed by atoms with van der Waals surface area (Å²) >= 11 is 0. The fourth-order valence-corrected chi connectivity index (χ4v) is 3.81. The Bertz CT molecular complexity index is 1180. The molecule has 2 aromatic heterocycles. The standard InChI is InChI=1S/C21H19FN2O3/c1-10-7-13(23)5-6-14(10)18-11(2)19-15(12-3-4-12)8-16(21(26)27)20(25)24(19)9-17(18)22/h5-9,12H,3-4,23H2,1-2H3,(H,26,27). The van der Waals surface area contributed by atoms with Gasteiger partial charge in [0.25, 0.3) is 5.56 Å². The minimum absolute atomic E-state index is 0.197. The smallest absolute Gasteiger partial charge is 0.341 e. The van der Waals surface area contributed by atoms with E-state index in [-0.39, 0.29) is 11.5 Å². The number of carboxylic acids is 1. The van der Waals surface area contributed by atoms with Gasteiger partial charge in [-0.25, -0.2) is 9.18 Å². The van der Waals surface area contributed by atoms with Crippen LogP contribution >= 0.6 is 0 Å². The van der Waals surface area contributed by atoms with Crippen molar-refractivity contribution in [1.29, 1.82) is 0 Å². The van der Waals surface area contributed by atoms with Crippen molar-refractivity contribution >= 4 is 17.2 Å². The lowest BCUT2D eigenvalue weighted by atomic mass is 9.93. The van der Waals surface area contributed by atoms with E-state index in [0.29, 0.717) is 27.9 Å². The van der Waals surface area contributed by atoms with Gasteiger partial charge in [0.1, 0.15) is 11.4 Å². The zero-order valence-corrected chi connectivity index (χ0v) is 15.0. The Kier molecular flexibility index (Phi) is 3.80. The first-order chi connectivity index (χ1) is 12.8. The number of aromatic nitrogens is 1. The maximum absolute atomic E-state index is 15.1. The number of benzene rings is 1. The molecule has 1 aliphatic carbocycles. The molecule has 1 saturated carbocycles. The van der Waals surface area contributed by atoms with Gasteiger partial charge in [-0.1, -0.05) is 6.07 Å². The quantitative estimate of drug-likeness (QED) is 0.689. The second-order valence-corrected chi connectivity index (χ2v) is 7.17. The molecule has 1 aliphatic rings. The SMILES string of the molecule is Cc1cc(N)ccc1-c1c(F)cn2c(=O)c(C(=O)O)cc(C3CC3)c2c1C. The van der Waals surface area contributed by atoms with Crippen LogP contribution in [-0.2, 0) is 0 Å². The zero-order valence-electron chi connectivity index (χ0n) is 15.0.